The van der Waals surface area contributed by atoms with E-state index in [0.29, 0.717) is 5.75 Å². The Morgan fingerprint density at radius 2 is 2.17 bits per heavy atom. The fraction of sp³-hybridized carbons (Fsp3) is 0.625. The van der Waals surface area contributed by atoms with Gasteiger partial charge >= 0.3 is 0 Å². The van der Waals surface area contributed by atoms with Gasteiger partial charge in [-0.1, -0.05) is 13.0 Å². The molecule has 2 nitrogen and oxygen atoms in total. The van der Waals surface area contributed by atoms with Crippen LogP contribution in [0.1, 0.15) is 37.3 Å². The van der Waals surface area contributed by atoms with Crippen molar-refractivity contribution in [3.05, 3.63) is 29.3 Å². The molecule has 1 aromatic carbocycles. The van der Waals surface area contributed by atoms with Gasteiger partial charge in [-0.15, -0.1) is 0 Å². The molecule has 1 fully saturated rings. The molecule has 3 rings (SSSR count). The standard InChI is InChI=1S/C16H23NO/c1-2-7-17-8-3-4-13-9-14-10-15(18)6-5-12(14)11-16(13)17/h5-6,10,13,16,18H,2-4,7-9,11H2,1H3/t13-,16+/m1/s1. The average Bonchev–Trinajstić information content (AvgIpc) is 2.37. The van der Waals surface area contributed by atoms with Gasteiger partial charge < -0.3 is 5.11 Å². The number of benzene rings is 1. The van der Waals surface area contributed by atoms with Crippen LogP contribution in [0.25, 0.3) is 0 Å². The first-order chi connectivity index (χ1) is 8.78. The molecule has 2 aliphatic rings. The lowest BCUT2D eigenvalue weighted by Gasteiger charge is -2.44. The summed E-state index contributed by atoms with van der Waals surface area (Å²) >= 11 is 0. The summed E-state index contributed by atoms with van der Waals surface area (Å²) in [6.07, 6.45) is 6.30. The van der Waals surface area contributed by atoms with Crippen LogP contribution >= 0.6 is 0 Å². The van der Waals surface area contributed by atoms with Crippen LogP contribution < -0.4 is 0 Å². The minimum Gasteiger partial charge on any atom is -0.508 e. The smallest absolute Gasteiger partial charge is 0.115 e. The van der Waals surface area contributed by atoms with Gasteiger partial charge in [-0.05, 0) is 74.4 Å². The summed E-state index contributed by atoms with van der Waals surface area (Å²) in [5, 5.41) is 9.61. The molecule has 1 aromatic rings. The Hall–Kier alpha value is -1.02. The Labute approximate surface area is 110 Å². The van der Waals surface area contributed by atoms with Gasteiger partial charge in [0.1, 0.15) is 5.75 Å². The van der Waals surface area contributed by atoms with Crippen LogP contribution in [0.3, 0.4) is 0 Å². The quantitative estimate of drug-likeness (QED) is 0.866. The van der Waals surface area contributed by atoms with Crippen molar-refractivity contribution in [1.82, 2.24) is 4.90 Å². The Bertz CT molecular complexity index is 427. The minimum atomic E-state index is 0.424. The lowest BCUT2D eigenvalue weighted by molar-refractivity contribution is 0.0854. The molecule has 0 saturated carbocycles. The first-order valence-corrected chi connectivity index (χ1v) is 7.32. The summed E-state index contributed by atoms with van der Waals surface area (Å²) in [7, 11) is 0. The third-order valence-electron chi connectivity index (χ3n) is 4.65. The van der Waals surface area contributed by atoms with E-state index in [1.54, 1.807) is 0 Å². The van der Waals surface area contributed by atoms with Crippen molar-refractivity contribution in [2.45, 2.75) is 45.1 Å². The second-order valence-electron chi connectivity index (χ2n) is 5.87. The molecule has 0 amide bonds. The number of fused-ring (bicyclic) bond motifs is 2. The van der Waals surface area contributed by atoms with E-state index in [1.165, 1.54) is 49.9 Å². The van der Waals surface area contributed by atoms with E-state index in [2.05, 4.69) is 17.9 Å². The van der Waals surface area contributed by atoms with Crippen molar-refractivity contribution in [2.24, 2.45) is 5.92 Å². The van der Waals surface area contributed by atoms with E-state index in [9.17, 15) is 5.11 Å². The summed E-state index contributed by atoms with van der Waals surface area (Å²) in [5.41, 5.74) is 2.84. The molecule has 0 spiro atoms. The lowest BCUT2D eigenvalue weighted by atomic mass is 9.75. The highest BCUT2D eigenvalue weighted by atomic mass is 16.3. The van der Waals surface area contributed by atoms with E-state index >= 15 is 0 Å². The van der Waals surface area contributed by atoms with Crippen LogP contribution in [-0.4, -0.2) is 29.1 Å². The molecule has 98 valence electrons. The van der Waals surface area contributed by atoms with Crippen molar-refractivity contribution in [3.8, 4) is 5.75 Å². The van der Waals surface area contributed by atoms with Crippen LogP contribution in [0.5, 0.6) is 5.75 Å². The summed E-state index contributed by atoms with van der Waals surface area (Å²) in [4.78, 5) is 2.70. The van der Waals surface area contributed by atoms with Gasteiger partial charge in [0, 0.05) is 6.04 Å². The highest BCUT2D eigenvalue weighted by Crippen LogP contribution is 2.36. The maximum atomic E-state index is 9.61. The van der Waals surface area contributed by atoms with Gasteiger partial charge in [0.15, 0.2) is 0 Å². The number of rotatable bonds is 2. The molecular formula is C16H23NO. The summed E-state index contributed by atoms with van der Waals surface area (Å²) < 4.78 is 0. The zero-order valence-electron chi connectivity index (χ0n) is 11.2. The van der Waals surface area contributed by atoms with Crippen LogP contribution in [0.15, 0.2) is 18.2 Å². The molecule has 18 heavy (non-hydrogen) atoms. The number of phenolic OH excluding ortho intramolecular Hbond substituents is 1. The van der Waals surface area contributed by atoms with Crippen LogP contribution in [0.2, 0.25) is 0 Å². The highest BCUT2D eigenvalue weighted by Gasteiger charge is 2.34. The fourth-order valence-corrected chi connectivity index (χ4v) is 3.82. The van der Waals surface area contributed by atoms with Crippen LogP contribution in [0, 0.1) is 5.92 Å². The fourth-order valence-electron chi connectivity index (χ4n) is 3.82. The van der Waals surface area contributed by atoms with Gasteiger partial charge in [0.2, 0.25) is 0 Å². The minimum absolute atomic E-state index is 0.424. The molecule has 0 unspecified atom stereocenters. The number of likely N-dealkylation sites (tertiary alicyclic amines) is 1. The number of hydrogen-bond acceptors (Lipinski definition) is 2. The third kappa shape index (κ3) is 2.14. The van der Waals surface area contributed by atoms with Gasteiger partial charge in [0.05, 0.1) is 0 Å². The second-order valence-corrected chi connectivity index (χ2v) is 5.87. The van der Waals surface area contributed by atoms with E-state index in [-0.39, 0.29) is 0 Å². The van der Waals surface area contributed by atoms with E-state index < -0.39 is 0 Å². The van der Waals surface area contributed by atoms with E-state index in [4.69, 9.17) is 0 Å². The Morgan fingerprint density at radius 1 is 1.28 bits per heavy atom. The van der Waals surface area contributed by atoms with Gasteiger partial charge in [-0.3, -0.25) is 4.90 Å². The molecule has 2 heteroatoms. The molecule has 2 atom stereocenters. The molecule has 1 aliphatic heterocycles. The first-order valence-electron chi connectivity index (χ1n) is 7.32. The Morgan fingerprint density at radius 3 is 3.00 bits per heavy atom. The topological polar surface area (TPSA) is 23.5 Å². The summed E-state index contributed by atoms with van der Waals surface area (Å²) in [6, 6.07) is 6.69. The maximum Gasteiger partial charge on any atom is 0.115 e. The van der Waals surface area contributed by atoms with Crippen molar-refractivity contribution in [1.29, 1.82) is 0 Å². The Balaban J connectivity index is 1.85. The van der Waals surface area contributed by atoms with Crippen LogP contribution in [0.4, 0.5) is 0 Å². The number of nitrogens with zero attached hydrogens (tertiary/aromatic N) is 1. The van der Waals surface area contributed by atoms with Gasteiger partial charge in [-0.2, -0.15) is 0 Å². The van der Waals surface area contributed by atoms with Crippen LogP contribution in [-0.2, 0) is 12.8 Å². The molecule has 1 heterocycles. The molecule has 0 bridgehead atoms. The predicted octanol–water partition coefficient (Wildman–Crippen LogP) is 2.98. The lowest BCUT2D eigenvalue weighted by Crippen LogP contribution is -2.49. The number of piperidine rings is 1. The first kappa shape index (κ1) is 12.0. The zero-order chi connectivity index (χ0) is 12.5. The molecule has 0 aromatic heterocycles. The highest BCUT2D eigenvalue weighted by molar-refractivity contribution is 5.37. The molecule has 1 aliphatic carbocycles. The molecular weight excluding hydrogens is 222 g/mol. The van der Waals surface area contributed by atoms with Crippen molar-refractivity contribution >= 4 is 0 Å². The summed E-state index contributed by atoms with van der Waals surface area (Å²) in [5.74, 6) is 1.23. The SMILES string of the molecule is CCCN1CCC[C@@H]2Cc3cc(O)ccc3C[C@@H]21. The molecule has 1 saturated heterocycles. The van der Waals surface area contributed by atoms with Crippen molar-refractivity contribution < 1.29 is 5.11 Å². The average molecular weight is 245 g/mol. The second kappa shape index (κ2) is 4.93. The van der Waals surface area contributed by atoms with E-state index in [0.717, 1.165) is 18.4 Å². The van der Waals surface area contributed by atoms with Crippen molar-refractivity contribution in [3.63, 3.8) is 0 Å². The van der Waals surface area contributed by atoms with Crippen molar-refractivity contribution in [2.75, 3.05) is 13.1 Å². The molecule has 0 radical (unpaired) electrons. The van der Waals surface area contributed by atoms with Gasteiger partial charge in [0.25, 0.3) is 0 Å². The monoisotopic (exact) mass is 245 g/mol. The Kier molecular flexibility index (Phi) is 3.29. The number of aromatic hydroxyl groups is 1. The maximum absolute atomic E-state index is 9.61. The van der Waals surface area contributed by atoms with Gasteiger partial charge in [-0.25, -0.2) is 0 Å². The third-order valence-corrected chi connectivity index (χ3v) is 4.65. The largest absolute Gasteiger partial charge is 0.508 e. The number of phenols is 1. The predicted molar refractivity (Wildman–Crippen MR) is 73.9 cm³/mol. The molecule has 1 N–H and O–H groups in total. The normalized spacial score (nSPS) is 27.6. The van der Waals surface area contributed by atoms with E-state index in [1.807, 2.05) is 12.1 Å². The summed E-state index contributed by atoms with van der Waals surface area (Å²) in [6.45, 7) is 4.80. The number of hydrogen-bond donors (Lipinski definition) is 1. The zero-order valence-corrected chi connectivity index (χ0v) is 11.2.